The van der Waals surface area contributed by atoms with E-state index in [1.807, 2.05) is 12.1 Å². The lowest BCUT2D eigenvalue weighted by molar-refractivity contribution is 0.0695. The van der Waals surface area contributed by atoms with Crippen LogP contribution in [0, 0.1) is 0 Å². The lowest BCUT2D eigenvalue weighted by atomic mass is 10.0. The van der Waals surface area contributed by atoms with E-state index < -0.39 is 5.97 Å². The normalized spacial score (nSPS) is 10.0. The van der Waals surface area contributed by atoms with Crippen molar-refractivity contribution in [1.82, 2.24) is 5.32 Å². The molecule has 0 aliphatic rings. The molecule has 1 aromatic rings. The van der Waals surface area contributed by atoms with Gasteiger partial charge in [-0.25, -0.2) is 4.79 Å². The maximum Gasteiger partial charge on any atom is 0.335 e. The molecule has 0 unspecified atom stereocenters. The molecule has 0 heterocycles. The molecule has 17 heavy (non-hydrogen) atoms. The van der Waals surface area contributed by atoms with Crippen molar-refractivity contribution in [2.24, 2.45) is 0 Å². The first-order chi connectivity index (χ1) is 8.11. The van der Waals surface area contributed by atoms with Crippen LogP contribution in [0.5, 0.6) is 0 Å². The molecule has 1 rings (SSSR count). The van der Waals surface area contributed by atoms with Crippen molar-refractivity contribution in [3.63, 3.8) is 0 Å². The van der Waals surface area contributed by atoms with E-state index in [1.165, 1.54) is 5.57 Å². The quantitative estimate of drug-likeness (QED) is 0.586. The Morgan fingerprint density at radius 2 is 2.06 bits per heavy atom. The molecular weight excluding hydrogens is 214 g/mol. The van der Waals surface area contributed by atoms with Crippen molar-refractivity contribution in [3.8, 4) is 0 Å². The van der Waals surface area contributed by atoms with Crippen LogP contribution in [0.2, 0.25) is 0 Å². The number of hydrogen-bond donors (Lipinski definition) is 2. The number of benzene rings is 1. The molecule has 0 radical (unpaired) electrons. The van der Waals surface area contributed by atoms with Gasteiger partial charge in [-0.05, 0) is 38.4 Å². The Morgan fingerprint density at radius 1 is 1.35 bits per heavy atom. The van der Waals surface area contributed by atoms with E-state index >= 15 is 0 Å². The van der Waals surface area contributed by atoms with Crippen LogP contribution < -0.4 is 5.32 Å². The van der Waals surface area contributed by atoms with Crippen LogP contribution in [0.4, 0.5) is 0 Å². The topological polar surface area (TPSA) is 49.3 Å². The van der Waals surface area contributed by atoms with E-state index in [9.17, 15) is 4.79 Å². The fraction of sp³-hybridized carbons (Fsp3) is 0.357. The second kappa shape index (κ2) is 6.86. The van der Waals surface area contributed by atoms with E-state index in [0.29, 0.717) is 5.56 Å². The molecule has 0 spiro atoms. The largest absolute Gasteiger partial charge is 0.478 e. The number of carboxylic acid groups (broad SMARTS) is 1. The molecule has 3 heteroatoms. The van der Waals surface area contributed by atoms with Crippen LogP contribution in [0.25, 0.3) is 0 Å². The highest BCUT2D eigenvalue weighted by Gasteiger charge is 2.07. The zero-order valence-corrected chi connectivity index (χ0v) is 10.4. The average Bonchev–Trinajstić information content (AvgIpc) is 2.28. The molecule has 0 amide bonds. The molecule has 0 fully saturated rings. The summed E-state index contributed by atoms with van der Waals surface area (Å²) in [6.45, 7) is 5.73. The molecule has 0 bridgehead atoms. The third-order valence-electron chi connectivity index (χ3n) is 2.47. The Morgan fingerprint density at radius 3 is 2.71 bits per heavy atom. The molecule has 2 N–H and O–H groups in total. The minimum absolute atomic E-state index is 0.400. The summed E-state index contributed by atoms with van der Waals surface area (Å²) in [5.74, 6) is -0.857. The monoisotopic (exact) mass is 233 g/mol. The fourth-order valence-electron chi connectivity index (χ4n) is 1.55. The molecule has 0 aliphatic carbocycles. The Labute approximate surface area is 102 Å². The summed E-state index contributed by atoms with van der Waals surface area (Å²) < 4.78 is 0. The lowest BCUT2D eigenvalue weighted by Gasteiger charge is -2.06. The molecular formula is C14H19NO2. The first kappa shape index (κ1) is 13.5. The lowest BCUT2D eigenvalue weighted by Crippen LogP contribution is -2.18. The van der Waals surface area contributed by atoms with Crippen molar-refractivity contribution in [2.45, 2.75) is 20.3 Å². The van der Waals surface area contributed by atoms with Gasteiger partial charge in [0.15, 0.2) is 0 Å². The van der Waals surface area contributed by atoms with Crippen molar-refractivity contribution < 1.29 is 9.90 Å². The fourth-order valence-corrected chi connectivity index (χ4v) is 1.55. The maximum absolute atomic E-state index is 11.0. The summed E-state index contributed by atoms with van der Waals surface area (Å²) in [7, 11) is 0. The Bertz CT molecular complexity index is 406. The van der Waals surface area contributed by atoms with Crippen LogP contribution in [-0.2, 0) is 6.42 Å². The summed E-state index contributed by atoms with van der Waals surface area (Å²) in [5, 5.41) is 12.3. The van der Waals surface area contributed by atoms with Gasteiger partial charge in [0.25, 0.3) is 0 Å². The minimum Gasteiger partial charge on any atom is -0.478 e. The molecule has 3 nitrogen and oxygen atoms in total. The molecule has 1 aromatic carbocycles. The number of rotatable bonds is 6. The smallest absolute Gasteiger partial charge is 0.335 e. The number of carboxylic acids is 1. The van der Waals surface area contributed by atoms with Crippen LogP contribution in [-0.4, -0.2) is 24.2 Å². The van der Waals surface area contributed by atoms with Crippen molar-refractivity contribution in [1.29, 1.82) is 0 Å². The molecule has 0 aromatic heterocycles. The number of allylic oxidation sites excluding steroid dienone is 1. The second-order valence-electron chi connectivity index (χ2n) is 4.20. The van der Waals surface area contributed by atoms with Gasteiger partial charge in [0.1, 0.15) is 0 Å². The van der Waals surface area contributed by atoms with Gasteiger partial charge in [0, 0.05) is 6.54 Å². The van der Waals surface area contributed by atoms with E-state index in [4.69, 9.17) is 5.11 Å². The third-order valence-corrected chi connectivity index (χ3v) is 2.47. The Kier molecular flexibility index (Phi) is 5.43. The summed E-state index contributed by atoms with van der Waals surface area (Å²) in [6.07, 6.45) is 2.85. The molecule has 0 aliphatic heterocycles. The van der Waals surface area contributed by atoms with E-state index in [1.54, 1.807) is 12.1 Å². The predicted octanol–water partition coefficient (Wildman–Crippen LogP) is 2.48. The Hall–Kier alpha value is -1.61. The average molecular weight is 233 g/mol. The van der Waals surface area contributed by atoms with E-state index in [-0.39, 0.29) is 0 Å². The van der Waals surface area contributed by atoms with Crippen LogP contribution in [0.3, 0.4) is 0 Å². The first-order valence-corrected chi connectivity index (χ1v) is 5.76. The molecule has 92 valence electrons. The number of nitrogens with one attached hydrogen (secondary N) is 1. The van der Waals surface area contributed by atoms with Gasteiger partial charge < -0.3 is 10.4 Å². The van der Waals surface area contributed by atoms with Crippen molar-refractivity contribution in [2.75, 3.05) is 13.1 Å². The Balaban J connectivity index is 2.46. The minimum atomic E-state index is -0.857. The summed E-state index contributed by atoms with van der Waals surface area (Å²) >= 11 is 0. The van der Waals surface area contributed by atoms with Crippen molar-refractivity contribution in [3.05, 3.63) is 47.0 Å². The first-order valence-electron chi connectivity index (χ1n) is 5.76. The van der Waals surface area contributed by atoms with Gasteiger partial charge in [-0.3, -0.25) is 0 Å². The van der Waals surface area contributed by atoms with Crippen molar-refractivity contribution >= 4 is 5.97 Å². The van der Waals surface area contributed by atoms with Gasteiger partial charge in [0.2, 0.25) is 0 Å². The maximum atomic E-state index is 11.0. The highest BCUT2D eigenvalue weighted by atomic mass is 16.4. The second-order valence-corrected chi connectivity index (χ2v) is 4.20. The van der Waals surface area contributed by atoms with Gasteiger partial charge in [-0.2, -0.15) is 0 Å². The van der Waals surface area contributed by atoms with Crippen LogP contribution in [0.1, 0.15) is 29.8 Å². The van der Waals surface area contributed by atoms with Gasteiger partial charge in [-0.15, -0.1) is 0 Å². The van der Waals surface area contributed by atoms with Gasteiger partial charge in [-0.1, -0.05) is 29.8 Å². The summed E-state index contributed by atoms with van der Waals surface area (Å²) in [6, 6.07) is 7.14. The standard InChI is InChI=1S/C14H19NO2/c1-11(2)7-9-15-10-8-12-5-3-4-6-13(12)14(16)17/h3-7,15H,8-10H2,1-2H3,(H,16,17). The SMILES string of the molecule is CC(C)=CCNCCc1ccccc1C(=O)O. The third kappa shape index (κ3) is 4.83. The van der Waals surface area contributed by atoms with Crippen LogP contribution in [0.15, 0.2) is 35.9 Å². The highest BCUT2D eigenvalue weighted by molar-refractivity contribution is 5.89. The number of carbonyl (C=O) groups is 1. The van der Waals surface area contributed by atoms with Gasteiger partial charge in [0.05, 0.1) is 5.56 Å². The van der Waals surface area contributed by atoms with Crippen LogP contribution >= 0.6 is 0 Å². The number of hydrogen-bond acceptors (Lipinski definition) is 2. The van der Waals surface area contributed by atoms with E-state index in [2.05, 4.69) is 25.2 Å². The molecule has 0 atom stereocenters. The zero-order valence-electron chi connectivity index (χ0n) is 10.4. The highest BCUT2D eigenvalue weighted by Crippen LogP contribution is 2.08. The predicted molar refractivity (Wildman–Crippen MR) is 69.4 cm³/mol. The van der Waals surface area contributed by atoms with E-state index in [0.717, 1.165) is 25.1 Å². The molecule has 0 saturated carbocycles. The summed E-state index contributed by atoms with van der Waals surface area (Å²) in [4.78, 5) is 11.0. The zero-order chi connectivity index (χ0) is 12.7. The summed E-state index contributed by atoms with van der Waals surface area (Å²) in [5.41, 5.74) is 2.56. The number of aromatic carboxylic acids is 1. The van der Waals surface area contributed by atoms with Gasteiger partial charge >= 0.3 is 5.97 Å². The molecule has 0 saturated heterocycles.